The van der Waals surface area contributed by atoms with Gasteiger partial charge in [0.15, 0.2) is 21.6 Å². The van der Waals surface area contributed by atoms with Crippen molar-refractivity contribution in [3.63, 3.8) is 0 Å². The third-order valence-corrected chi connectivity index (χ3v) is 7.63. The summed E-state index contributed by atoms with van der Waals surface area (Å²) in [5.74, 6) is 0.309. The second-order valence-electron chi connectivity index (χ2n) is 7.64. The Labute approximate surface area is 213 Å². The molecule has 34 heavy (non-hydrogen) atoms. The summed E-state index contributed by atoms with van der Waals surface area (Å²) in [6, 6.07) is 11.6. The van der Waals surface area contributed by atoms with Gasteiger partial charge in [-0.15, -0.1) is 12.4 Å². The number of carbonyl (C=O) groups excluding carboxylic acids is 1. The number of hydrogen-bond donors (Lipinski definition) is 0. The van der Waals surface area contributed by atoms with Crippen LogP contribution in [-0.4, -0.2) is 76.5 Å². The summed E-state index contributed by atoms with van der Waals surface area (Å²) in [4.78, 5) is 21.8. The van der Waals surface area contributed by atoms with Crippen LogP contribution < -0.4 is 9.64 Å². The number of morpholine rings is 1. The van der Waals surface area contributed by atoms with E-state index in [4.69, 9.17) is 21.1 Å². The molecule has 0 saturated carbocycles. The number of rotatable bonds is 8. The van der Waals surface area contributed by atoms with Crippen LogP contribution in [0.1, 0.15) is 0 Å². The molecular formula is C22H25Cl2N3O5S2. The van der Waals surface area contributed by atoms with Crippen molar-refractivity contribution in [1.29, 1.82) is 0 Å². The number of carbonyl (C=O) groups is 1. The van der Waals surface area contributed by atoms with Gasteiger partial charge in [-0.3, -0.25) is 14.6 Å². The zero-order valence-corrected chi connectivity index (χ0v) is 21.7. The Morgan fingerprint density at radius 1 is 1.21 bits per heavy atom. The Bertz CT molecular complexity index is 1230. The van der Waals surface area contributed by atoms with Crippen LogP contribution in [0.4, 0.5) is 5.13 Å². The molecule has 1 aliphatic heterocycles. The van der Waals surface area contributed by atoms with Gasteiger partial charge in [0, 0.05) is 37.5 Å². The minimum absolute atomic E-state index is 0. The Kier molecular flexibility index (Phi) is 9.14. The predicted molar refractivity (Wildman–Crippen MR) is 137 cm³/mol. The van der Waals surface area contributed by atoms with E-state index in [1.807, 2.05) is 0 Å². The molecule has 1 aromatic heterocycles. The first-order valence-electron chi connectivity index (χ1n) is 10.4. The SMILES string of the molecule is CS(=O)(=O)c1ccc2nc(N(CCN3CCOCC3)C(=O)COc3ccc(Cl)cc3)sc2c1.Cl. The lowest BCUT2D eigenvalue weighted by atomic mass is 10.3. The molecule has 0 N–H and O–H groups in total. The van der Waals surface area contributed by atoms with E-state index in [0.29, 0.717) is 52.4 Å². The molecule has 0 aliphatic carbocycles. The third-order valence-electron chi connectivity index (χ3n) is 5.23. The summed E-state index contributed by atoms with van der Waals surface area (Å²) in [6.45, 7) is 3.89. The van der Waals surface area contributed by atoms with Gasteiger partial charge in [-0.1, -0.05) is 22.9 Å². The highest BCUT2D eigenvalue weighted by atomic mass is 35.5. The van der Waals surface area contributed by atoms with Crippen molar-refractivity contribution in [3.8, 4) is 5.75 Å². The standard InChI is InChI=1S/C22H24ClN3O5S2.ClH/c1-33(28,29)18-6-7-19-20(14-18)32-22(24-19)26(9-8-25-10-12-30-13-11-25)21(27)15-31-17-4-2-16(23)3-5-17;/h2-7,14H,8-13,15H2,1H3;1H. The minimum Gasteiger partial charge on any atom is -0.484 e. The molecule has 1 saturated heterocycles. The van der Waals surface area contributed by atoms with Crippen LogP contribution in [0.3, 0.4) is 0 Å². The van der Waals surface area contributed by atoms with E-state index in [1.165, 1.54) is 23.7 Å². The van der Waals surface area contributed by atoms with Crippen molar-refractivity contribution in [3.05, 3.63) is 47.5 Å². The van der Waals surface area contributed by atoms with E-state index in [-0.39, 0.29) is 29.8 Å². The zero-order valence-electron chi connectivity index (χ0n) is 18.5. The molecule has 0 radical (unpaired) electrons. The molecule has 1 amide bonds. The number of anilines is 1. The fourth-order valence-electron chi connectivity index (χ4n) is 3.39. The Hall–Kier alpha value is -1.95. The van der Waals surface area contributed by atoms with E-state index in [2.05, 4.69) is 9.88 Å². The number of hydrogen-bond acceptors (Lipinski definition) is 8. The molecule has 1 fully saturated rings. The van der Waals surface area contributed by atoms with Crippen LogP contribution in [0.25, 0.3) is 10.2 Å². The number of aromatic nitrogens is 1. The summed E-state index contributed by atoms with van der Waals surface area (Å²) in [6.07, 6.45) is 1.17. The zero-order chi connectivity index (χ0) is 23.4. The maximum absolute atomic E-state index is 13.2. The number of sulfone groups is 1. The Morgan fingerprint density at radius 3 is 2.59 bits per heavy atom. The van der Waals surface area contributed by atoms with Gasteiger partial charge in [0.2, 0.25) is 0 Å². The first-order valence-corrected chi connectivity index (χ1v) is 13.5. The molecule has 184 valence electrons. The van der Waals surface area contributed by atoms with Gasteiger partial charge in [-0.05, 0) is 42.5 Å². The van der Waals surface area contributed by atoms with E-state index >= 15 is 0 Å². The summed E-state index contributed by atoms with van der Waals surface area (Å²) >= 11 is 7.20. The molecule has 0 spiro atoms. The van der Waals surface area contributed by atoms with Crippen molar-refractivity contribution < 1.29 is 22.7 Å². The first kappa shape index (κ1) is 26.7. The van der Waals surface area contributed by atoms with Crippen molar-refractivity contribution in [2.75, 3.05) is 57.2 Å². The average molecular weight is 546 g/mol. The molecule has 2 aromatic carbocycles. The highest BCUT2D eigenvalue weighted by Gasteiger charge is 2.22. The fraction of sp³-hybridized carbons (Fsp3) is 0.364. The largest absolute Gasteiger partial charge is 0.484 e. The Morgan fingerprint density at radius 2 is 1.91 bits per heavy atom. The molecule has 12 heteroatoms. The van der Waals surface area contributed by atoms with Gasteiger partial charge in [0.05, 0.1) is 28.3 Å². The molecule has 1 aliphatic rings. The number of amides is 1. The molecular weight excluding hydrogens is 521 g/mol. The summed E-state index contributed by atoms with van der Waals surface area (Å²) in [5.41, 5.74) is 0.644. The second-order valence-corrected chi connectivity index (χ2v) is 11.1. The van der Waals surface area contributed by atoms with Crippen molar-refractivity contribution >= 4 is 66.4 Å². The molecule has 2 heterocycles. The van der Waals surface area contributed by atoms with Crippen molar-refractivity contribution in [2.45, 2.75) is 4.90 Å². The highest BCUT2D eigenvalue weighted by Crippen LogP contribution is 2.31. The van der Waals surface area contributed by atoms with Gasteiger partial charge in [-0.25, -0.2) is 13.4 Å². The first-order chi connectivity index (χ1) is 15.8. The molecule has 4 rings (SSSR count). The second kappa shape index (κ2) is 11.7. The maximum Gasteiger partial charge on any atom is 0.266 e. The van der Waals surface area contributed by atoms with E-state index < -0.39 is 9.84 Å². The third kappa shape index (κ3) is 6.80. The summed E-state index contributed by atoms with van der Waals surface area (Å²) in [5, 5.41) is 1.09. The summed E-state index contributed by atoms with van der Waals surface area (Å²) < 4.78 is 35.6. The molecule has 0 bridgehead atoms. The number of halogens is 2. The average Bonchev–Trinajstić information content (AvgIpc) is 3.22. The lowest BCUT2D eigenvalue weighted by Gasteiger charge is -2.29. The van der Waals surface area contributed by atoms with Crippen molar-refractivity contribution in [1.82, 2.24) is 9.88 Å². The van der Waals surface area contributed by atoms with Gasteiger partial charge in [0.25, 0.3) is 5.91 Å². The normalized spacial score (nSPS) is 14.5. The van der Waals surface area contributed by atoms with Crippen LogP contribution in [0.5, 0.6) is 5.75 Å². The molecule has 8 nitrogen and oxygen atoms in total. The maximum atomic E-state index is 13.2. The number of benzene rings is 2. The topological polar surface area (TPSA) is 89.0 Å². The Balaban J connectivity index is 0.00000324. The molecule has 0 atom stereocenters. The smallest absolute Gasteiger partial charge is 0.266 e. The van der Waals surface area contributed by atoms with E-state index in [9.17, 15) is 13.2 Å². The van der Waals surface area contributed by atoms with Gasteiger partial charge >= 0.3 is 0 Å². The van der Waals surface area contributed by atoms with E-state index in [0.717, 1.165) is 13.1 Å². The van der Waals surface area contributed by atoms with Crippen LogP contribution in [0.15, 0.2) is 47.4 Å². The predicted octanol–water partition coefficient (Wildman–Crippen LogP) is 3.52. The fourth-order valence-corrected chi connectivity index (χ4v) is 5.28. The quantitative estimate of drug-likeness (QED) is 0.427. The number of nitrogens with zero attached hydrogens (tertiary/aromatic N) is 3. The number of thiazole rings is 1. The van der Waals surface area contributed by atoms with Crippen LogP contribution in [0, 0.1) is 0 Å². The van der Waals surface area contributed by atoms with Gasteiger partial charge < -0.3 is 9.47 Å². The lowest BCUT2D eigenvalue weighted by Crippen LogP contribution is -2.44. The van der Waals surface area contributed by atoms with Gasteiger partial charge in [0.1, 0.15) is 5.75 Å². The number of fused-ring (bicyclic) bond motifs is 1. The van der Waals surface area contributed by atoms with E-state index in [1.54, 1.807) is 41.3 Å². The van der Waals surface area contributed by atoms with Crippen LogP contribution in [0.2, 0.25) is 5.02 Å². The van der Waals surface area contributed by atoms with Gasteiger partial charge in [-0.2, -0.15) is 0 Å². The lowest BCUT2D eigenvalue weighted by molar-refractivity contribution is -0.120. The monoisotopic (exact) mass is 545 g/mol. The number of ether oxygens (including phenoxy) is 2. The van der Waals surface area contributed by atoms with Crippen molar-refractivity contribution in [2.24, 2.45) is 0 Å². The highest BCUT2D eigenvalue weighted by molar-refractivity contribution is 7.90. The van der Waals surface area contributed by atoms with Crippen LogP contribution >= 0.6 is 35.3 Å². The molecule has 0 unspecified atom stereocenters. The summed E-state index contributed by atoms with van der Waals surface area (Å²) in [7, 11) is -3.34. The minimum atomic E-state index is -3.34. The molecule has 3 aromatic rings. The van der Waals surface area contributed by atoms with Crippen LogP contribution in [-0.2, 0) is 19.4 Å².